The number of piperidine rings is 1. The average molecular weight is 384 g/mol. The Hall–Kier alpha value is -3.09. The lowest BCUT2D eigenvalue weighted by atomic mass is 10.0. The van der Waals surface area contributed by atoms with Crippen LogP contribution < -0.4 is 20.9 Å². The summed E-state index contributed by atoms with van der Waals surface area (Å²) in [7, 11) is 1.60. The highest BCUT2D eigenvalue weighted by Crippen LogP contribution is 2.23. The molecule has 28 heavy (non-hydrogen) atoms. The SMILES string of the molecule is CNC(=O)Cc1ccc(NC(=O)NC2CCN(c3ccccc3F)CC2)cc1. The quantitative estimate of drug-likeness (QED) is 0.742. The minimum absolute atomic E-state index is 0.0514. The lowest BCUT2D eigenvalue weighted by Gasteiger charge is -2.34. The number of nitrogens with one attached hydrogen (secondary N) is 3. The summed E-state index contributed by atoms with van der Waals surface area (Å²) in [5.74, 6) is -0.272. The minimum atomic E-state index is -0.261. The van der Waals surface area contributed by atoms with Crippen LogP contribution in [0.3, 0.4) is 0 Å². The molecule has 1 saturated heterocycles. The molecule has 3 amide bonds. The van der Waals surface area contributed by atoms with Crippen LogP contribution in [0.1, 0.15) is 18.4 Å². The number of likely N-dealkylation sites (N-methyl/N-ethyl adjacent to an activating group) is 1. The van der Waals surface area contributed by atoms with Gasteiger partial charge in [0.15, 0.2) is 0 Å². The molecule has 148 valence electrons. The predicted molar refractivity (Wildman–Crippen MR) is 108 cm³/mol. The number of carbonyl (C=O) groups excluding carboxylic acids is 2. The van der Waals surface area contributed by atoms with E-state index in [4.69, 9.17) is 0 Å². The number of amides is 3. The van der Waals surface area contributed by atoms with Gasteiger partial charge >= 0.3 is 6.03 Å². The molecule has 0 unspecified atom stereocenters. The maximum Gasteiger partial charge on any atom is 0.319 e. The molecule has 2 aromatic rings. The van der Waals surface area contributed by atoms with Crippen LogP contribution in [0, 0.1) is 5.82 Å². The molecular weight excluding hydrogens is 359 g/mol. The Balaban J connectivity index is 1.46. The van der Waals surface area contributed by atoms with Crippen LogP contribution in [-0.2, 0) is 11.2 Å². The van der Waals surface area contributed by atoms with Gasteiger partial charge in [0.2, 0.25) is 5.91 Å². The number of hydrogen-bond acceptors (Lipinski definition) is 3. The first kappa shape index (κ1) is 19.7. The third kappa shape index (κ3) is 5.22. The van der Waals surface area contributed by atoms with E-state index in [1.165, 1.54) is 6.07 Å². The van der Waals surface area contributed by atoms with Gasteiger partial charge in [0, 0.05) is 31.9 Å². The van der Waals surface area contributed by atoms with Gasteiger partial charge in [0.1, 0.15) is 5.82 Å². The summed E-state index contributed by atoms with van der Waals surface area (Å²) < 4.78 is 13.9. The third-order valence-corrected chi connectivity index (χ3v) is 4.88. The molecule has 0 aromatic heterocycles. The second kappa shape index (κ2) is 9.21. The van der Waals surface area contributed by atoms with Gasteiger partial charge < -0.3 is 20.9 Å². The van der Waals surface area contributed by atoms with Gasteiger partial charge in [0.05, 0.1) is 12.1 Å². The number of benzene rings is 2. The van der Waals surface area contributed by atoms with Gasteiger partial charge in [-0.05, 0) is 42.7 Å². The summed E-state index contributed by atoms with van der Waals surface area (Å²) in [6, 6.07) is 13.7. The average Bonchev–Trinajstić information content (AvgIpc) is 2.70. The van der Waals surface area contributed by atoms with Crippen LogP contribution in [0.15, 0.2) is 48.5 Å². The molecule has 6 nitrogen and oxygen atoms in total. The van der Waals surface area contributed by atoms with Crippen LogP contribution in [0.5, 0.6) is 0 Å². The van der Waals surface area contributed by atoms with E-state index in [0.717, 1.165) is 18.4 Å². The van der Waals surface area contributed by atoms with Gasteiger partial charge in [-0.3, -0.25) is 4.79 Å². The molecule has 0 spiro atoms. The second-order valence-corrected chi connectivity index (χ2v) is 6.86. The van der Waals surface area contributed by atoms with Crippen molar-refractivity contribution in [2.75, 3.05) is 30.4 Å². The fourth-order valence-corrected chi connectivity index (χ4v) is 3.31. The predicted octanol–water partition coefficient (Wildman–Crippen LogP) is 2.90. The molecule has 0 radical (unpaired) electrons. The van der Waals surface area contributed by atoms with Gasteiger partial charge in [0.25, 0.3) is 0 Å². The smallest absolute Gasteiger partial charge is 0.319 e. The number of hydrogen-bond donors (Lipinski definition) is 3. The minimum Gasteiger partial charge on any atom is -0.369 e. The van der Waals surface area contributed by atoms with Crippen molar-refractivity contribution in [2.45, 2.75) is 25.3 Å². The molecule has 2 aromatic carbocycles. The summed E-state index contributed by atoms with van der Waals surface area (Å²) in [4.78, 5) is 25.6. The normalized spacial score (nSPS) is 14.4. The fraction of sp³-hybridized carbons (Fsp3) is 0.333. The fourth-order valence-electron chi connectivity index (χ4n) is 3.31. The monoisotopic (exact) mass is 384 g/mol. The van der Waals surface area contributed by atoms with Crippen molar-refractivity contribution in [1.82, 2.24) is 10.6 Å². The molecule has 0 aliphatic carbocycles. The number of anilines is 2. The number of halogens is 1. The summed E-state index contributed by atoms with van der Waals surface area (Å²) in [6.07, 6.45) is 1.82. The Bertz CT molecular complexity index is 817. The lowest BCUT2D eigenvalue weighted by molar-refractivity contribution is -0.119. The first-order valence-corrected chi connectivity index (χ1v) is 9.41. The Labute approximate surface area is 164 Å². The molecule has 1 heterocycles. The molecule has 0 saturated carbocycles. The first-order chi connectivity index (χ1) is 13.5. The van der Waals surface area contributed by atoms with Crippen molar-refractivity contribution >= 4 is 23.3 Å². The lowest BCUT2D eigenvalue weighted by Crippen LogP contribution is -2.46. The zero-order chi connectivity index (χ0) is 19.9. The van der Waals surface area contributed by atoms with Gasteiger partial charge in [-0.1, -0.05) is 24.3 Å². The van der Waals surface area contributed by atoms with Crippen molar-refractivity contribution < 1.29 is 14.0 Å². The van der Waals surface area contributed by atoms with E-state index >= 15 is 0 Å². The Morgan fingerprint density at radius 2 is 1.75 bits per heavy atom. The topological polar surface area (TPSA) is 73.5 Å². The van der Waals surface area contributed by atoms with Crippen molar-refractivity contribution in [1.29, 1.82) is 0 Å². The summed E-state index contributed by atoms with van der Waals surface area (Å²) in [5.41, 5.74) is 2.16. The van der Waals surface area contributed by atoms with Crippen LogP contribution in [0.25, 0.3) is 0 Å². The highest BCUT2D eigenvalue weighted by atomic mass is 19.1. The van der Waals surface area contributed by atoms with Crippen LogP contribution in [0.2, 0.25) is 0 Å². The number of nitrogens with zero attached hydrogens (tertiary/aromatic N) is 1. The number of para-hydroxylation sites is 1. The van der Waals surface area contributed by atoms with Crippen molar-refractivity contribution in [2.24, 2.45) is 0 Å². The second-order valence-electron chi connectivity index (χ2n) is 6.86. The maximum atomic E-state index is 13.9. The molecular formula is C21H25FN4O2. The van der Waals surface area contributed by atoms with Crippen molar-refractivity contribution in [3.63, 3.8) is 0 Å². The molecule has 1 aliphatic heterocycles. The maximum absolute atomic E-state index is 13.9. The molecule has 1 aliphatic rings. The molecule has 3 rings (SSSR count). The molecule has 0 atom stereocenters. The van der Waals surface area contributed by atoms with E-state index in [1.54, 1.807) is 31.3 Å². The summed E-state index contributed by atoms with van der Waals surface area (Å²) in [5, 5.41) is 8.37. The van der Waals surface area contributed by atoms with Gasteiger partial charge in [-0.15, -0.1) is 0 Å². The number of carbonyl (C=O) groups is 2. The van der Waals surface area contributed by atoms with E-state index in [0.29, 0.717) is 30.9 Å². The van der Waals surface area contributed by atoms with E-state index in [9.17, 15) is 14.0 Å². The highest BCUT2D eigenvalue weighted by molar-refractivity contribution is 5.89. The Morgan fingerprint density at radius 1 is 1.07 bits per heavy atom. The molecule has 3 N–H and O–H groups in total. The standard InChI is InChI=1S/C21H25FN4O2/c1-23-20(27)14-15-6-8-16(9-7-15)24-21(28)25-17-10-12-26(13-11-17)19-5-3-2-4-18(19)22/h2-9,17H,10-14H2,1H3,(H,23,27)(H2,24,25,28). The zero-order valence-electron chi connectivity index (χ0n) is 15.9. The van der Waals surface area contributed by atoms with E-state index in [-0.39, 0.29) is 23.8 Å². The zero-order valence-corrected chi connectivity index (χ0v) is 15.9. The van der Waals surface area contributed by atoms with Crippen LogP contribution in [-0.4, -0.2) is 38.1 Å². The number of rotatable bonds is 5. The summed E-state index contributed by atoms with van der Waals surface area (Å²) >= 11 is 0. The van der Waals surface area contributed by atoms with Crippen LogP contribution >= 0.6 is 0 Å². The van der Waals surface area contributed by atoms with E-state index in [1.807, 2.05) is 23.1 Å². The van der Waals surface area contributed by atoms with Gasteiger partial charge in [-0.25, -0.2) is 9.18 Å². The highest BCUT2D eigenvalue weighted by Gasteiger charge is 2.22. The largest absolute Gasteiger partial charge is 0.369 e. The molecule has 1 fully saturated rings. The van der Waals surface area contributed by atoms with Gasteiger partial charge in [-0.2, -0.15) is 0 Å². The first-order valence-electron chi connectivity index (χ1n) is 9.41. The molecule has 0 bridgehead atoms. The van der Waals surface area contributed by atoms with E-state index in [2.05, 4.69) is 16.0 Å². The molecule has 7 heteroatoms. The van der Waals surface area contributed by atoms with E-state index < -0.39 is 0 Å². The Kier molecular flexibility index (Phi) is 6.47. The Morgan fingerprint density at radius 3 is 2.39 bits per heavy atom. The van der Waals surface area contributed by atoms with Crippen molar-refractivity contribution in [3.05, 3.63) is 59.9 Å². The van der Waals surface area contributed by atoms with Crippen LogP contribution in [0.4, 0.5) is 20.6 Å². The summed E-state index contributed by atoms with van der Waals surface area (Å²) in [6.45, 7) is 1.39. The van der Waals surface area contributed by atoms with Crippen molar-refractivity contribution in [3.8, 4) is 0 Å². The number of urea groups is 1. The third-order valence-electron chi connectivity index (χ3n) is 4.88.